The second-order valence-corrected chi connectivity index (χ2v) is 4.23. The highest BCUT2D eigenvalue weighted by Crippen LogP contribution is 2.24. The molecular formula is C9H13ClOS. The van der Waals surface area contributed by atoms with E-state index in [1.54, 1.807) is 11.3 Å². The number of aliphatic hydroxyl groups excluding tert-OH is 1. The topological polar surface area (TPSA) is 20.2 Å². The van der Waals surface area contributed by atoms with E-state index in [0.29, 0.717) is 0 Å². The van der Waals surface area contributed by atoms with Crippen LogP contribution in [0.5, 0.6) is 0 Å². The maximum atomic E-state index is 9.39. The quantitative estimate of drug-likeness (QED) is 0.748. The maximum absolute atomic E-state index is 9.39. The smallest absolute Gasteiger partial charge is 0.102 e. The van der Waals surface area contributed by atoms with Crippen molar-refractivity contribution in [2.24, 2.45) is 0 Å². The van der Waals surface area contributed by atoms with Crippen LogP contribution in [0, 0.1) is 0 Å². The third kappa shape index (κ3) is 2.47. The summed E-state index contributed by atoms with van der Waals surface area (Å²) in [5.41, 5.74) is 0. The van der Waals surface area contributed by atoms with Crippen molar-refractivity contribution in [3.05, 3.63) is 21.9 Å². The normalized spacial score (nSPS) is 13.2. The molecule has 1 heterocycles. The third-order valence-corrected chi connectivity index (χ3v) is 3.19. The molecule has 1 rings (SSSR count). The van der Waals surface area contributed by atoms with E-state index in [9.17, 15) is 5.11 Å². The lowest BCUT2D eigenvalue weighted by Gasteiger charge is -2.00. The van der Waals surface area contributed by atoms with E-state index in [1.165, 1.54) is 4.88 Å². The van der Waals surface area contributed by atoms with E-state index in [4.69, 9.17) is 11.6 Å². The number of halogens is 1. The Balaban J connectivity index is 2.63. The van der Waals surface area contributed by atoms with Gasteiger partial charge in [-0.2, -0.15) is 0 Å². The molecule has 1 atom stereocenters. The molecule has 1 aromatic rings. The zero-order valence-corrected chi connectivity index (χ0v) is 8.66. The van der Waals surface area contributed by atoms with Crippen molar-refractivity contribution >= 4 is 22.9 Å². The van der Waals surface area contributed by atoms with Gasteiger partial charge in [0.05, 0.1) is 5.88 Å². The van der Waals surface area contributed by atoms with Gasteiger partial charge in [-0.15, -0.1) is 22.9 Å². The minimum Gasteiger partial charge on any atom is -0.386 e. The van der Waals surface area contributed by atoms with E-state index in [1.807, 2.05) is 6.07 Å². The van der Waals surface area contributed by atoms with Gasteiger partial charge < -0.3 is 5.11 Å². The fraction of sp³-hybridized carbons (Fsp3) is 0.556. The molecule has 0 aromatic carbocycles. The number of aliphatic hydroxyl groups is 1. The van der Waals surface area contributed by atoms with Crippen LogP contribution >= 0.6 is 22.9 Å². The average molecular weight is 205 g/mol. The van der Waals surface area contributed by atoms with Crippen LogP contribution in [0.1, 0.15) is 29.2 Å². The van der Waals surface area contributed by atoms with E-state index in [2.05, 4.69) is 13.0 Å². The van der Waals surface area contributed by atoms with Crippen molar-refractivity contribution in [3.8, 4) is 0 Å². The Hall–Kier alpha value is -0.0500. The lowest BCUT2D eigenvalue weighted by Crippen LogP contribution is -1.93. The van der Waals surface area contributed by atoms with E-state index >= 15 is 0 Å². The molecule has 1 N–H and O–H groups in total. The minimum absolute atomic E-state index is 0.284. The number of aryl methyl sites for hydroxylation is 1. The van der Waals surface area contributed by atoms with Crippen molar-refractivity contribution in [3.63, 3.8) is 0 Å². The van der Waals surface area contributed by atoms with Gasteiger partial charge in [-0.25, -0.2) is 0 Å². The Kier molecular flexibility index (Phi) is 4.06. The Morgan fingerprint density at radius 3 is 2.92 bits per heavy atom. The van der Waals surface area contributed by atoms with Gasteiger partial charge in [0.2, 0.25) is 0 Å². The predicted octanol–water partition coefficient (Wildman–Crippen LogP) is 2.97. The standard InChI is InChI=1S/C9H13ClOS/c1-2-3-7-4-5-9(12-7)8(11)6-10/h4-5,8,11H,2-3,6H2,1H3. The average Bonchev–Trinajstić information content (AvgIpc) is 2.52. The highest BCUT2D eigenvalue weighted by Gasteiger charge is 2.08. The first kappa shape index (κ1) is 10.0. The summed E-state index contributed by atoms with van der Waals surface area (Å²) in [5.74, 6) is 0.284. The first-order chi connectivity index (χ1) is 5.77. The second kappa shape index (κ2) is 4.85. The lowest BCUT2D eigenvalue weighted by atomic mass is 10.3. The summed E-state index contributed by atoms with van der Waals surface area (Å²) in [6.45, 7) is 2.15. The highest BCUT2D eigenvalue weighted by molar-refractivity contribution is 7.12. The van der Waals surface area contributed by atoms with Crippen molar-refractivity contribution < 1.29 is 5.11 Å². The SMILES string of the molecule is CCCc1ccc(C(O)CCl)s1. The largest absolute Gasteiger partial charge is 0.386 e. The van der Waals surface area contributed by atoms with Crippen molar-refractivity contribution in [1.82, 2.24) is 0 Å². The Labute approximate surface area is 82.0 Å². The molecule has 0 amide bonds. The fourth-order valence-corrected chi connectivity index (χ4v) is 2.39. The monoisotopic (exact) mass is 204 g/mol. The van der Waals surface area contributed by atoms with Gasteiger partial charge in [-0.1, -0.05) is 13.3 Å². The molecular weight excluding hydrogens is 192 g/mol. The molecule has 0 aliphatic rings. The lowest BCUT2D eigenvalue weighted by molar-refractivity contribution is 0.206. The first-order valence-corrected chi connectivity index (χ1v) is 5.45. The number of rotatable bonds is 4. The number of alkyl halides is 1. The number of hydrogen-bond acceptors (Lipinski definition) is 2. The summed E-state index contributed by atoms with van der Waals surface area (Å²) < 4.78 is 0. The van der Waals surface area contributed by atoms with Gasteiger partial charge in [0.25, 0.3) is 0 Å². The Bertz CT molecular complexity index is 234. The molecule has 0 radical (unpaired) electrons. The molecule has 1 nitrogen and oxygen atoms in total. The molecule has 0 saturated carbocycles. The first-order valence-electron chi connectivity index (χ1n) is 4.10. The van der Waals surface area contributed by atoms with E-state index in [0.717, 1.165) is 17.7 Å². The molecule has 1 aromatic heterocycles. The van der Waals surface area contributed by atoms with E-state index < -0.39 is 6.10 Å². The van der Waals surface area contributed by atoms with Crippen LogP contribution in [0.2, 0.25) is 0 Å². The third-order valence-electron chi connectivity index (χ3n) is 1.65. The van der Waals surface area contributed by atoms with Crippen molar-refractivity contribution in [2.45, 2.75) is 25.9 Å². The summed E-state index contributed by atoms with van der Waals surface area (Å²) in [4.78, 5) is 2.31. The molecule has 0 aliphatic carbocycles. The molecule has 0 bridgehead atoms. The van der Waals surface area contributed by atoms with E-state index in [-0.39, 0.29) is 5.88 Å². The summed E-state index contributed by atoms with van der Waals surface area (Å²) in [6, 6.07) is 4.03. The van der Waals surface area contributed by atoms with Gasteiger partial charge in [-0.3, -0.25) is 0 Å². The molecule has 0 fully saturated rings. The summed E-state index contributed by atoms with van der Waals surface area (Å²) in [5, 5.41) is 9.39. The van der Waals surface area contributed by atoms with Gasteiger partial charge in [0.15, 0.2) is 0 Å². The van der Waals surface area contributed by atoms with Crippen LogP contribution in [-0.4, -0.2) is 11.0 Å². The zero-order valence-electron chi connectivity index (χ0n) is 7.09. The van der Waals surface area contributed by atoms with Crippen LogP contribution in [0.25, 0.3) is 0 Å². The van der Waals surface area contributed by atoms with Crippen LogP contribution in [0.4, 0.5) is 0 Å². The number of hydrogen-bond donors (Lipinski definition) is 1. The molecule has 68 valence electrons. The Morgan fingerprint density at radius 1 is 1.58 bits per heavy atom. The summed E-state index contributed by atoms with van der Waals surface area (Å²) in [6.07, 6.45) is 1.76. The zero-order chi connectivity index (χ0) is 8.97. The summed E-state index contributed by atoms with van der Waals surface area (Å²) >= 11 is 7.19. The molecule has 12 heavy (non-hydrogen) atoms. The van der Waals surface area contributed by atoms with Crippen molar-refractivity contribution in [1.29, 1.82) is 0 Å². The molecule has 0 aliphatic heterocycles. The van der Waals surface area contributed by atoms with Crippen molar-refractivity contribution in [2.75, 3.05) is 5.88 Å². The molecule has 0 saturated heterocycles. The van der Waals surface area contributed by atoms with Gasteiger partial charge >= 0.3 is 0 Å². The molecule has 0 spiro atoms. The van der Waals surface area contributed by atoms with Crippen LogP contribution in [0.15, 0.2) is 12.1 Å². The van der Waals surface area contributed by atoms with Crippen LogP contribution < -0.4 is 0 Å². The highest BCUT2D eigenvalue weighted by atomic mass is 35.5. The van der Waals surface area contributed by atoms with Gasteiger partial charge in [0, 0.05) is 9.75 Å². The minimum atomic E-state index is -0.484. The Morgan fingerprint density at radius 2 is 2.33 bits per heavy atom. The maximum Gasteiger partial charge on any atom is 0.102 e. The second-order valence-electron chi connectivity index (χ2n) is 2.72. The number of thiophene rings is 1. The predicted molar refractivity (Wildman–Crippen MR) is 54.0 cm³/mol. The van der Waals surface area contributed by atoms with Gasteiger partial charge in [0.1, 0.15) is 6.10 Å². The summed E-state index contributed by atoms with van der Waals surface area (Å²) in [7, 11) is 0. The fourth-order valence-electron chi connectivity index (χ4n) is 1.03. The molecule has 3 heteroatoms. The molecule has 1 unspecified atom stereocenters. The van der Waals surface area contributed by atoms with Crippen LogP contribution in [-0.2, 0) is 6.42 Å². The van der Waals surface area contributed by atoms with Crippen LogP contribution in [0.3, 0.4) is 0 Å². The van der Waals surface area contributed by atoms with Gasteiger partial charge in [-0.05, 0) is 18.6 Å².